The summed E-state index contributed by atoms with van der Waals surface area (Å²) >= 11 is 1.65. The molecular formula is C16H18N2OS. The number of anilines is 1. The fourth-order valence-corrected chi connectivity index (χ4v) is 3.36. The summed E-state index contributed by atoms with van der Waals surface area (Å²) in [6.07, 6.45) is 3.51. The van der Waals surface area contributed by atoms with Crippen molar-refractivity contribution in [1.82, 2.24) is 5.32 Å². The number of fused-ring (bicyclic) bond motifs is 1. The molecule has 2 N–H and O–H groups in total. The zero-order chi connectivity index (χ0) is 13.9. The topological polar surface area (TPSA) is 41.1 Å². The summed E-state index contributed by atoms with van der Waals surface area (Å²) in [4.78, 5) is 13.2. The molecule has 0 fully saturated rings. The zero-order valence-corrected chi connectivity index (χ0v) is 12.3. The van der Waals surface area contributed by atoms with Crippen molar-refractivity contribution in [3.05, 3.63) is 51.7 Å². The van der Waals surface area contributed by atoms with Crippen LogP contribution in [0, 0.1) is 0 Å². The second-order valence-corrected chi connectivity index (χ2v) is 6.15. The van der Waals surface area contributed by atoms with Gasteiger partial charge in [-0.25, -0.2) is 4.79 Å². The van der Waals surface area contributed by atoms with Crippen LogP contribution in [0.4, 0.5) is 10.5 Å². The maximum Gasteiger partial charge on any atom is 0.319 e. The van der Waals surface area contributed by atoms with Gasteiger partial charge in [-0.15, -0.1) is 11.3 Å². The molecule has 104 valence electrons. The monoisotopic (exact) mass is 286 g/mol. The molecular weight excluding hydrogens is 268 g/mol. The van der Waals surface area contributed by atoms with Gasteiger partial charge in [-0.2, -0.15) is 0 Å². The fraction of sp³-hybridized carbons (Fsp3) is 0.312. The van der Waals surface area contributed by atoms with Crippen LogP contribution < -0.4 is 10.6 Å². The lowest BCUT2D eigenvalue weighted by Crippen LogP contribution is -2.30. The van der Waals surface area contributed by atoms with Crippen LogP contribution in [0.2, 0.25) is 0 Å². The number of aryl methyl sites for hydroxylation is 2. The molecule has 1 aliphatic carbocycles. The fourth-order valence-electron chi connectivity index (χ4n) is 2.62. The van der Waals surface area contributed by atoms with Crippen molar-refractivity contribution in [3.8, 4) is 0 Å². The molecule has 3 nitrogen and oxygen atoms in total. The maximum absolute atomic E-state index is 12.0. The molecule has 0 saturated heterocycles. The second-order valence-electron chi connectivity index (χ2n) is 5.17. The average molecular weight is 286 g/mol. The van der Waals surface area contributed by atoms with E-state index in [0.29, 0.717) is 0 Å². The Hall–Kier alpha value is -1.81. The molecule has 1 atom stereocenters. The first kappa shape index (κ1) is 13.2. The minimum Gasteiger partial charge on any atom is -0.331 e. The highest BCUT2D eigenvalue weighted by molar-refractivity contribution is 7.10. The molecule has 0 aliphatic heterocycles. The van der Waals surface area contributed by atoms with Gasteiger partial charge in [-0.1, -0.05) is 12.1 Å². The predicted molar refractivity (Wildman–Crippen MR) is 83.4 cm³/mol. The van der Waals surface area contributed by atoms with Crippen molar-refractivity contribution in [2.75, 3.05) is 5.32 Å². The first-order valence-electron chi connectivity index (χ1n) is 6.95. The summed E-state index contributed by atoms with van der Waals surface area (Å²) in [6.45, 7) is 1.99. The number of carbonyl (C=O) groups excluding carboxylic acids is 1. The van der Waals surface area contributed by atoms with Gasteiger partial charge in [-0.3, -0.25) is 0 Å². The van der Waals surface area contributed by atoms with Crippen LogP contribution in [-0.4, -0.2) is 6.03 Å². The van der Waals surface area contributed by atoms with Gasteiger partial charge in [0, 0.05) is 10.6 Å². The highest BCUT2D eigenvalue weighted by Gasteiger charge is 2.13. The van der Waals surface area contributed by atoms with E-state index in [1.807, 2.05) is 30.5 Å². The van der Waals surface area contributed by atoms with E-state index in [1.165, 1.54) is 17.5 Å². The Morgan fingerprint density at radius 2 is 2.10 bits per heavy atom. The quantitative estimate of drug-likeness (QED) is 0.875. The van der Waals surface area contributed by atoms with E-state index >= 15 is 0 Å². The number of hydrogen-bond donors (Lipinski definition) is 2. The summed E-state index contributed by atoms with van der Waals surface area (Å²) in [5.74, 6) is 0. The first-order chi connectivity index (χ1) is 9.72. The third-order valence-electron chi connectivity index (χ3n) is 3.67. The van der Waals surface area contributed by atoms with Crippen molar-refractivity contribution < 1.29 is 4.79 Å². The molecule has 4 heteroatoms. The average Bonchev–Trinajstić information content (AvgIpc) is 3.09. The van der Waals surface area contributed by atoms with Crippen molar-refractivity contribution >= 4 is 23.1 Å². The van der Waals surface area contributed by atoms with Crippen LogP contribution in [0.3, 0.4) is 0 Å². The Labute approximate surface area is 123 Å². The Morgan fingerprint density at radius 1 is 1.25 bits per heavy atom. The van der Waals surface area contributed by atoms with Gasteiger partial charge in [0.1, 0.15) is 0 Å². The lowest BCUT2D eigenvalue weighted by molar-refractivity contribution is 0.249. The number of benzene rings is 1. The van der Waals surface area contributed by atoms with Crippen LogP contribution in [0.15, 0.2) is 35.7 Å². The number of thiophene rings is 1. The van der Waals surface area contributed by atoms with Crippen LogP contribution >= 0.6 is 11.3 Å². The first-order valence-corrected chi connectivity index (χ1v) is 7.83. The molecule has 0 bridgehead atoms. The standard InChI is InChI=1S/C16H18N2OS/c1-11(15-6-3-9-20-15)17-16(19)18-14-8-7-12-4-2-5-13(12)10-14/h3,6-11H,2,4-5H2,1H3,(H2,17,18,19). The predicted octanol–water partition coefficient (Wildman–Crippen LogP) is 4.12. The van der Waals surface area contributed by atoms with E-state index in [9.17, 15) is 4.79 Å². The van der Waals surface area contributed by atoms with Crippen molar-refractivity contribution in [3.63, 3.8) is 0 Å². The van der Waals surface area contributed by atoms with Gasteiger partial charge >= 0.3 is 6.03 Å². The maximum atomic E-state index is 12.0. The highest BCUT2D eigenvalue weighted by Crippen LogP contribution is 2.25. The Bertz CT molecular complexity index is 607. The van der Waals surface area contributed by atoms with Gasteiger partial charge in [-0.05, 0) is 60.9 Å². The molecule has 2 aromatic rings. The van der Waals surface area contributed by atoms with E-state index in [2.05, 4.69) is 22.8 Å². The zero-order valence-electron chi connectivity index (χ0n) is 11.5. The van der Waals surface area contributed by atoms with E-state index in [0.717, 1.165) is 23.4 Å². The molecule has 0 spiro atoms. The van der Waals surface area contributed by atoms with Gasteiger partial charge in [0.15, 0.2) is 0 Å². The number of nitrogens with one attached hydrogen (secondary N) is 2. The van der Waals surface area contributed by atoms with Crippen molar-refractivity contribution in [2.45, 2.75) is 32.2 Å². The molecule has 1 aromatic carbocycles. The van der Waals surface area contributed by atoms with E-state index in [-0.39, 0.29) is 12.1 Å². The normalized spacial score (nSPS) is 14.7. The van der Waals surface area contributed by atoms with Gasteiger partial charge < -0.3 is 10.6 Å². The molecule has 20 heavy (non-hydrogen) atoms. The number of carbonyl (C=O) groups is 1. The summed E-state index contributed by atoms with van der Waals surface area (Å²) in [6, 6.07) is 10.1. The molecule has 0 radical (unpaired) electrons. The SMILES string of the molecule is CC(NC(=O)Nc1ccc2c(c1)CCC2)c1cccs1. The smallest absolute Gasteiger partial charge is 0.319 e. The summed E-state index contributed by atoms with van der Waals surface area (Å²) in [5, 5.41) is 7.90. The van der Waals surface area contributed by atoms with E-state index in [4.69, 9.17) is 0 Å². The number of hydrogen-bond acceptors (Lipinski definition) is 2. The summed E-state index contributed by atoms with van der Waals surface area (Å²) in [5.41, 5.74) is 3.67. The minimum atomic E-state index is -0.149. The molecule has 1 heterocycles. The number of urea groups is 1. The molecule has 0 saturated carbocycles. The molecule has 1 unspecified atom stereocenters. The molecule has 2 amide bonds. The van der Waals surface area contributed by atoms with Gasteiger partial charge in [0.25, 0.3) is 0 Å². The second kappa shape index (κ2) is 5.67. The molecule has 1 aromatic heterocycles. The van der Waals surface area contributed by atoms with Crippen LogP contribution in [0.1, 0.15) is 35.4 Å². The summed E-state index contributed by atoms with van der Waals surface area (Å²) in [7, 11) is 0. The minimum absolute atomic E-state index is 0.0319. The lowest BCUT2D eigenvalue weighted by atomic mass is 10.1. The van der Waals surface area contributed by atoms with Gasteiger partial charge in [0.05, 0.1) is 6.04 Å². The highest BCUT2D eigenvalue weighted by atomic mass is 32.1. The number of amides is 2. The van der Waals surface area contributed by atoms with E-state index < -0.39 is 0 Å². The van der Waals surface area contributed by atoms with Crippen molar-refractivity contribution in [2.24, 2.45) is 0 Å². The van der Waals surface area contributed by atoms with Crippen LogP contribution in [0.5, 0.6) is 0 Å². The summed E-state index contributed by atoms with van der Waals surface area (Å²) < 4.78 is 0. The number of rotatable bonds is 3. The van der Waals surface area contributed by atoms with Crippen molar-refractivity contribution in [1.29, 1.82) is 0 Å². The lowest BCUT2D eigenvalue weighted by Gasteiger charge is -2.13. The largest absolute Gasteiger partial charge is 0.331 e. The Morgan fingerprint density at radius 3 is 2.90 bits per heavy atom. The Balaban J connectivity index is 1.61. The van der Waals surface area contributed by atoms with Crippen LogP contribution in [0.25, 0.3) is 0 Å². The van der Waals surface area contributed by atoms with E-state index in [1.54, 1.807) is 11.3 Å². The third kappa shape index (κ3) is 2.85. The third-order valence-corrected chi connectivity index (χ3v) is 4.73. The Kier molecular flexibility index (Phi) is 3.74. The molecule has 1 aliphatic rings. The molecule has 3 rings (SSSR count). The van der Waals surface area contributed by atoms with Gasteiger partial charge in [0.2, 0.25) is 0 Å². The van der Waals surface area contributed by atoms with Crippen LogP contribution in [-0.2, 0) is 12.8 Å².